The average Bonchev–Trinajstić information content (AvgIpc) is 2.73. The number of carbonyl (C=O) groups excluding carboxylic acids is 2. The topological polar surface area (TPSA) is 55.4 Å². The van der Waals surface area contributed by atoms with Crippen LogP contribution in [-0.2, 0) is 15.1 Å². The Labute approximate surface area is 130 Å². The molecule has 0 aromatic carbocycles. The van der Waals surface area contributed by atoms with E-state index in [1.165, 1.54) is 19.9 Å². The van der Waals surface area contributed by atoms with Gasteiger partial charge < -0.3 is 10.1 Å². The quantitative estimate of drug-likeness (QED) is 0.857. The number of hydrogen-bond donors (Lipinski definition) is 1. The molecule has 1 amide bonds. The molecule has 124 valence electrons. The van der Waals surface area contributed by atoms with Crippen LogP contribution >= 0.6 is 11.3 Å². The number of carbonyl (C=O) groups is 2. The molecule has 1 N–H and O–H groups in total. The van der Waals surface area contributed by atoms with Crippen LogP contribution in [0.3, 0.4) is 0 Å². The van der Waals surface area contributed by atoms with Gasteiger partial charge in [-0.15, -0.1) is 11.3 Å². The first-order valence-electron chi connectivity index (χ1n) is 6.45. The summed E-state index contributed by atoms with van der Waals surface area (Å²) in [5.41, 5.74) is -1.93. The minimum Gasteiger partial charge on any atom is -0.456 e. The van der Waals surface area contributed by atoms with E-state index >= 15 is 0 Å². The lowest BCUT2D eigenvalue weighted by molar-refractivity contribution is -0.175. The second-order valence-electron chi connectivity index (χ2n) is 6.24. The van der Waals surface area contributed by atoms with Gasteiger partial charge in [-0.1, -0.05) is 0 Å². The molecule has 8 heteroatoms. The Morgan fingerprint density at radius 1 is 1.14 bits per heavy atom. The van der Waals surface area contributed by atoms with Crippen molar-refractivity contribution in [1.82, 2.24) is 5.32 Å². The Bertz CT molecular complexity index is 571. The van der Waals surface area contributed by atoms with E-state index in [0.29, 0.717) is 4.88 Å². The minimum atomic E-state index is -4.99. The highest BCUT2D eigenvalue weighted by molar-refractivity contribution is 7.10. The van der Waals surface area contributed by atoms with Crippen LogP contribution in [0.5, 0.6) is 0 Å². The SMILES string of the molecule is CC(C)(C)OC(=O)c1ccsc1C(C)(C)NC(=O)C(F)(F)F. The highest BCUT2D eigenvalue weighted by Gasteiger charge is 2.42. The number of ether oxygens (including phenoxy) is 1. The molecule has 0 aliphatic heterocycles. The third-order valence-corrected chi connectivity index (χ3v) is 3.77. The van der Waals surface area contributed by atoms with E-state index in [-0.39, 0.29) is 5.56 Å². The molecular formula is C14H18F3NO3S. The second kappa shape index (κ2) is 5.91. The van der Waals surface area contributed by atoms with Crippen molar-refractivity contribution >= 4 is 23.2 Å². The zero-order valence-corrected chi connectivity index (χ0v) is 13.7. The van der Waals surface area contributed by atoms with Gasteiger partial charge in [0.2, 0.25) is 0 Å². The predicted molar refractivity (Wildman–Crippen MR) is 76.7 cm³/mol. The van der Waals surface area contributed by atoms with Gasteiger partial charge in [-0.2, -0.15) is 13.2 Å². The van der Waals surface area contributed by atoms with Gasteiger partial charge in [-0.05, 0) is 46.1 Å². The van der Waals surface area contributed by atoms with Crippen molar-refractivity contribution in [3.05, 3.63) is 21.9 Å². The lowest BCUT2D eigenvalue weighted by Gasteiger charge is -2.27. The molecule has 0 saturated heterocycles. The summed E-state index contributed by atoms with van der Waals surface area (Å²) in [5.74, 6) is -2.70. The van der Waals surface area contributed by atoms with Crippen molar-refractivity contribution in [2.75, 3.05) is 0 Å². The van der Waals surface area contributed by atoms with Crippen LogP contribution < -0.4 is 5.32 Å². The fourth-order valence-corrected chi connectivity index (χ4v) is 2.66. The van der Waals surface area contributed by atoms with Gasteiger partial charge in [0.15, 0.2) is 0 Å². The van der Waals surface area contributed by atoms with E-state index in [2.05, 4.69) is 0 Å². The van der Waals surface area contributed by atoms with Gasteiger partial charge in [-0.25, -0.2) is 4.79 Å². The van der Waals surface area contributed by atoms with Crippen LogP contribution in [0, 0.1) is 0 Å². The monoisotopic (exact) mass is 337 g/mol. The Morgan fingerprint density at radius 3 is 2.14 bits per heavy atom. The molecule has 1 aromatic heterocycles. The van der Waals surface area contributed by atoms with Gasteiger partial charge >= 0.3 is 18.1 Å². The summed E-state index contributed by atoms with van der Waals surface area (Å²) < 4.78 is 42.4. The van der Waals surface area contributed by atoms with E-state index in [1.807, 2.05) is 5.32 Å². The molecule has 1 heterocycles. The third kappa shape index (κ3) is 4.72. The van der Waals surface area contributed by atoms with E-state index in [9.17, 15) is 22.8 Å². The van der Waals surface area contributed by atoms with Crippen LogP contribution in [0.1, 0.15) is 49.9 Å². The average molecular weight is 337 g/mol. The maximum Gasteiger partial charge on any atom is 0.471 e. The number of esters is 1. The summed E-state index contributed by atoms with van der Waals surface area (Å²) in [6, 6.07) is 1.47. The van der Waals surface area contributed by atoms with Crippen molar-refractivity contribution in [3.63, 3.8) is 0 Å². The molecule has 0 saturated carbocycles. The van der Waals surface area contributed by atoms with Crippen molar-refractivity contribution in [2.24, 2.45) is 0 Å². The number of alkyl halides is 3. The second-order valence-corrected chi connectivity index (χ2v) is 7.16. The zero-order chi connectivity index (χ0) is 17.3. The lowest BCUT2D eigenvalue weighted by atomic mass is 9.99. The minimum absolute atomic E-state index is 0.146. The number of thiophene rings is 1. The van der Waals surface area contributed by atoms with Gasteiger partial charge in [0, 0.05) is 4.88 Å². The summed E-state index contributed by atoms with van der Waals surface area (Å²) in [4.78, 5) is 23.6. The lowest BCUT2D eigenvalue weighted by Crippen LogP contribution is -2.47. The Hall–Kier alpha value is -1.57. The van der Waals surface area contributed by atoms with Gasteiger partial charge in [-0.3, -0.25) is 4.79 Å². The molecular weight excluding hydrogens is 319 g/mol. The smallest absolute Gasteiger partial charge is 0.456 e. The highest BCUT2D eigenvalue weighted by atomic mass is 32.1. The van der Waals surface area contributed by atoms with E-state index in [0.717, 1.165) is 11.3 Å². The molecule has 0 aliphatic rings. The maximum atomic E-state index is 12.4. The van der Waals surface area contributed by atoms with E-state index < -0.39 is 29.2 Å². The number of hydrogen-bond acceptors (Lipinski definition) is 4. The van der Waals surface area contributed by atoms with Crippen molar-refractivity contribution < 1.29 is 27.5 Å². The molecule has 0 unspecified atom stereocenters. The molecule has 0 bridgehead atoms. The Balaban J connectivity index is 3.05. The van der Waals surface area contributed by atoms with Gasteiger partial charge in [0.05, 0.1) is 11.1 Å². The first-order chi connectivity index (χ1) is 9.74. The summed E-state index contributed by atoms with van der Waals surface area (Å²) in [5, 5.41) is 3.46. The number of halogens is 3. The summed E-state index contributed by atoms with van der Waals surface area (Å²) >= 11 is 1.08. The van der Waals surface area contributed by atoms with E-state index in [1.54, 1.807) is 26.2 Å². The molecule has 1 aromatic rings. The van der Waals surface area contributed by atoms with Gasteiger partial charge in [0.1, 0.15) is 5.60 Å². The molecule has 0 aliphatic carbocycles. The first-order valence-corrected chi connectivity index (χ1v) is 7.32. The summed E-state index contributed by atoms with van der Waals surface area (Å²) in [6.07, 6.45) is -4.99. The maximum absolute atomic E-state index is 12.4. The van der Waals surface area contributed by atoms with E-state index in [4.69, 9.17) is 4.74 Å². The third-order valence-electron chi connectivity index (χ3n) is 2.54. The fourth-order valence-electron chi connectivity index (χ4n) is 1.70. The largest absolute Gasteiger partial charge is 0.471 e. The highest BCUT2D eigenvalue weighted by Crippen LogP contribution is 2.31. The normalized spacial score (nSPS) is 12.9. The van der Waals surface area contributed by atoms with Crippen LogP contribution in [-0.4, -0.2) is 23.7 Å². The van der Waals surface area contributed by atoms with Crippen LogP contribution in [0.2, 0.25) is 0 Å². The Morgan fingerprint density at radius 2 is 1.68 bits per heavy atom. The van der Waals surface area contributed by atoms with Crippen LogP contribution in [0.25, 0.3) is 0 Å². The summed E-state index contributed by atoms with van der Waals surface area (Å²) in [6.45, 7) is 7.86. The molecule has 0 fully saturated rings. The summed E-state index contributed by atoms with van der Waals surface area (Å²) in [7, 11) is 0. The first kappa shape index (κ1) is 18.5. The molecule has 0 atom stereocenters. The number of rotatable bonds is 3. The number of amides is 1. The molecule has 4 nitrogen and oxygen atoms in total. The molecule has 0 radical (unpaired) electrons. The molecule has 1 rings (SSSR count). The fraction of sp³-hybridized carbons (Fsp3) is 0.571. The van der Waals surface area contributed by atoms with Gasteiger partial charge in [0.25, 0.3) is 0 Å². The van der Waals surface area contributed by atoms with Crippen LogP contribution in [0.15, 0.2) is 11.4 Å². The standard InChI is InChI=1S/C14H18F3NO3S/c1-12(2,3)21-10(19)8-6-7-22-9(8)13(4,5)18-11(20)14(15,16)17/h6-7H,1-5H3,(H,18,20). The molecule has 0 spiro atoms. The van der Waals surface area contributed by atoms with Crippen molar-refractivity contribution in [2.45, 2.75) is 51.9 Å². The van der Waals surface area contributed by atoms with Crippen LogP contribution in [0.4, 0.5) is 13.2 Å². The molecule has 22 heavy (non-hydrogen) atoms. The Kier molecular flexibility index (Phi) is 4.96. The van der Waals surface area contributed by atoms with Crippen molar-refractivity contribution in [1.29, 1.82) is 0 Å². The van der Waals surface area contributed by atoms with Crippen molar-refractivity contribution in [3.8, 4) is 0 Å². The zero-order valence-electron chi connectivity index (χ0n) is 12.9. The number of nitrogens with one attached hydrogen (secondary N) is 1. The predicted octanol–water partition coefficient (Wildman–Crippen LogP) is 3.62.